The van der Waals surface area contributed by atoms with Crippen molar-refractivity contribution in [1.29, 1.82) is 0 Å². The van der Waals surface area contributed by atoms with Gasteiger partial charge in [0.2, 0.25) is 6.20 Å². The first kappa shape index (κ1) is 9.71. The number of pyridine rings is 1. The first-order chi connectivity index (χ1) is 7.38. The Labute approximate surface area is 89.8 Å². The summed E-state index contributed by atoms with van der Waals surface area (Å²) in [4.78, 5) is 0. The van der Waals surface area contributed by atoms with Gasteiger partial charge in [0.05, 0.1) is 7.11 Å². The SMILES string of the molecule is COc1ccc[n+](Cc2ccccc2)c1. The molecule has 15 heavy (non-hydrogen) atoms. The Bertz CT molecular complexity index is 426. The van der Waals surface area contributed by atoms with E-state index in [4.69, 9.17) is 4.74 Å². The molecule has 2 nitrogen and oxygen atoms in total. The zero-order chi connectivity index (χ0) is 10.5. The van der Waals surface area contributed by atoms with Crippen LogP contribution >= 0.6 is 0 Å². The van der Waals surface area contributed by atoms with Gasteiger partial charge in [-0.1, -0.05) is 30.3 Å². The predicted octanol–water partition coefficient (Wildman–Crippen LogP) is 2.03. The third-order valence-corrected chi connectivity index (χ3v) is 2.27. The fourth-order valence-electron chi connectivity index (χ4n) is 1.51. The second-order valence-corrected chi connectivity index (χ2v) is 3.40. The first-order valence-electron chi connectivity index (χ1n) is 4.95. The Morgan fingerprint density at radius 2 is 1.87 bits per heavy atom. The van der Waals surface area contributed by atoms with E-state index in [0.717, 1.165) is 12.3 Å². The summed E-state index contributed by atoms with van der Waals surface area (Å²) in [5.41, 5.74) is 1.29. The van der Waals surface area contributed by atoms with E-state index in [1.54, 1.807) is 7.11 Å². The molecule has 0 N–H and O–H groups in total. The van der Waals surface area contributed by atoms with Gasteiger partial charge < -0.3 is 4.74 Å². The minimum atomic E-state index is 0.873. The number of ether oxygens (including phenoxy) is 1. The maximum Gasteiger partial charge on any atom is 0.211 e. The molecule has 0 saturated heterocycles. The monoisotopic (exact) mass is 200 g/mol. The number of methoxy groups -OCH3 is 1. The van der Waals surface area contributed by atoms with Crippen LogP contribution in [0, 0.1) is 0 Å². The van der Waals surface area contributed by atoms with E-state index in [1.165, 1.54) is 5.56 Å². The smallest absolute Gasteiger partial charge is 0.211 e. The number of hydrogen-bond donors (Lipinski definition) is 0. The van der Waals surface area contributed by atoms with Crippen molar-refractivity contribution in [3.05, 3.63) is 60.4 Å². The fraction of sp³-hybridized carbons (Fsp3) is 0.154. The molecule has 0 bridgehead atoms. The van der Waals surface area contributed by atoms with E-state index in [1.807, 2.05) is 30.6 Å². The summed E-state index contributed by atoms with van der Waals surface area (Å²) in [5, 5.41) is 0. The van der Waals surface area contributed by atoms with Crippen LogP contribution in [-0.4, -0.2) is 7.11 Å². The molecular formula is C13H14NO+. The van der Waals surface area contributed by atoms with Crippen LogP contribution in [0.15, 0.2) is 54.9 Å². The molecule has 2 heteroatoms. The molecule has 1 aromatic carbocycles. The van der Waals surface area contributed by atoms with Gasteiger partial charge in [0.15, 0.2) is 18.5 Å². The predicted molar refractivity (Wildman–Crippen MR) is 58.7 cm³/mol. The van der Waals surface area contributed by atoms with Crippen molar-refractivity contribution in [3.63, 3.8) is 0 Å². The topological polar surface area (TPSA) is 13.1 Å². The molecular weight excluding hydrogens is 186 g/mol. The molecule has 0 unspecified atom stereocenters. The molecule has 0 radical (unpaired) electrons. The second kappa shape index (κ2) is 4.60. The number of rotatable bonds is 3. The molecule has 0 aliphatic rings. The molecule has 0 atom stereocenters. The molecule has 0 spiro atoms. The van der Waals surface area contributed by atoms with Crippen LogP contribution in [0.3, 0.4) is 0 Å². The van der Waals surface area contributed by atoms with Gasteiger partial charge in [-0.2, -0.15) is 4.57 Å². The maximum absolute atomic E-state index is 5.17. The number of nitrogens with zero attached hydrogens (tertiary/aromatic N) is 1. The summed E-state index contributed by atoms with van der Waals surface area (Å²) in [6, 6.07) is 14.3. The van der Waals surface area contributed by atoms with Crippen LogP contribution < -0.4 is 9.30 Å². The Morgan fingerprint density at radius 3 is 2.60 bits per heavy atom. The second-order valence-electron chi connectivity index (χ2n) is 3.40. The molecule has 0 fully saturated rings. The summed E-state index contributed by atoms with van der Waals surface area (Å²) in [6.45, 7) is 0.873. The molecule has 0 saturated carbocycles. The van der Waals surface area contributed by atoms with Crippen molar-refractivity contribution in [2.24, 2.45) is 0 Å². The Morgan fingerprint density at radius 1 is 1.07 bits per heavy atom. The van der Waals surface area contributed by atoms with Crippen molar-refractivity contribution >= 4 is 0 Å². The van der Waals surface area contributed by atoms with Gasteiger partial charge >= 0.3 is 0 Å². The quantitative estimate of drug-likeness (QED) is 0.691. The van der Waals surface area contributed by atoms with Crippen molar-refractivity contribution in [2.75, 3.05) is 7.11 Å². The minimum absolute atomic E-state index is 0.873. The average Bonchev–Trinajstić information content (AvgIpc) is 2.31. The van der Waals surface area contributed by atoms with Gasteiger partial charge in [-0.3, -0.25) is 0 Å². The highest BCUT2D eigenvalue weighted by Crippen LogP contribution is 2.04. The third kappa shape index (κ3) is 2.56. The van der Waals surface area contributed by atoms with E-state index in [2.05, 4.69) is 28.8 Å². The Balaban J connectivity index is 2.17. The molecule has 0 aliphatic carbocycles. The highest BCUT2D eigenvalue weighted by molar-refractivity contribution is 5.14. The van der Waals surface area contributed by atoms with Gasteiger partial charge in [0.1, 0.15) is 0 Å². The Hall–Kier alpha value is -1.83. The lowest BCUT2D eigenvalue weighted by Gasteiger charge is -1.99. The van der Waals surface area contributed by atoms with Crippen LogP contribution in [0.4, 0.5) is 0 Å². The number of benzene rings is 1. The summed E-state index contributed by atoms with van der Waals surface area (Å²) in [7, 11) is 1.68. The summed E-state index contributed by atoms with van der Waals surface area (Å²) < 4.78 is 7.28. The first-order valence-corrected chi connectivity index (χ1v) is 4.95. The largest absolute Gasteiger partial charge is 0.491 e. The molecule has 0 amide bonds. The van der Waals surface area contributed by atoms with E-state index in [0.29, 0.717) is 0 Å². The zero-order valence-electron chi connectivity index (χ0n) is 8.76. The van der Waals surface area contributed by atoms with Crippen LogP contribution in [0.5, 0.6) is 5.75 Å². The van der Waals surface area contributed by atoms with Crippen LogP contribution in [-0.2, 0) is 6.54 Å². The van der Waals surface area contributed by atoms with Crippen molar-refractivity contribution in [3.8, 4) is 5.75 Å². The lowest BCUT2D eigenvalue weighted by molar-refractivity contribution is -0.688. The zero-order valence-corrected chi connectivity index (χ0v) is 8.76. The lowest BCUT2D eigenvalue weighted by Crippen LogP contribution is -2.33. The molecule has 2 aromatic rings. The minimum Gasteiger partial charge on any atom is -0.491 e. The summed E-state index contributed by atoms with van der Waals surface area (Å²) in [6.07, 6.45) is 4.03. The molecule has 1 heterocycles. The maximum atomic E-state index is 5.17. The normalized spacial score (nSPS) is 9.93. The van der Waals surface area contributed by atoms with Gasteiger partial charge in [0.25, 0.3) is 0 Å². The van der Waals surface area contributed by atoms with E-state index >= 15 is 0 Å². The van der Waals surface area contributed by atoms with E-state index in [9.17, 15) is 0 Å². The van der Waals surface area contributed by atoms with Crippen LogP contribution in [0.25, 0.3) is 0 Å². The summed E-state index contributed by atoms with van der Waals surface area (Å²) in [5.74, 6) is 0.883. The third-order valence-electron chi connectivity index (χ3n) is 2.27. The highest BCUT2D eigenvalue weighted by atomic mass is 16.5. The van der Waals surface area contributed by atoms with Gasteiger partial charge in [0, 0.05) is 11.6 Å². The Kier molecular flexibility index (Phi) is 2.98. The fourth-order valence-corrected chi connectivity index (χ4v) is 1.51. The average molecular weight is 200 g/mol. The van der Waals surface area contributed by atoms with Crippen LogP contribution in [0.1, 0.15) is 5.56 Å². The van der Waals surface area contributed by atoms with Crippen molar-refractivity contribution < 1.29 is 9.30 Å². The van der Waals surface area contributed by atoms with E-state index < -0.39 is 0 Å². The molecule has 0 aliphatic heterocycles. The number of aromatic nitrogens is 1. The van der Waals surface area contributed by atoms with Gasteiger partial charge in [-0.15, -0.1) is 0 Å². The van der Waals surface area contributed by atoms with Gasteiger partial charge in [-0.05, 0) is 6.07 Å². The standard InChI is InChI=1S/C13H14NO/c1-15-13-8-5-9-14(11-13)10-12-6-3-2-4-7-12/h2-9,11H,10H2,1H3/q+1. The molecule has 2 rings (SSSR count). The van der Waals surface area contributed by atoms with Gasteiger partial charge in [-0.25, -0.2) is 0 Å². The number of hydrogen-bond acceptors (Lipinski definition) is 1. The highest BCUT2D eigenvalue weighted by Gasteiger charge is 2.03. The molecule has 1 aromatic heterocycles. The lowest BCUT2D eigenvalue weighted by atomic mass is 10.2. The van der Waals surface area contributed by atoms with Crippen molar-refractivity contribution in [2.45, 2.75) is 6.54 Å². The van der Waals surface area contributed by atoms with Crippen molar-refractivity contribution in [1.82, 2.24) is 0 Å². The molecule has 76 valence electrons. The summed E-state index contributed by atoms with van der Waals surface area (Å²) >= 11 is 0. The van der Waals surface area contributed by atoms with Crippen LogP contribution in [0.2, 0.25) is 0 Å². The van der Waals surface area contributed by atoms with E-state index in [-0.39, 0.29) is 0 Å².